The van der Waals surface area contributed by atoms with Gasteiger partial charge in [0, 0.05) is 5.56 Å². The van der Waals surface area contributed by atoms with Crippen molar-refractivity contribution in [1.82, 2.24) is 9.78 Å². The topological polar surface area (TPSA) is 65.4 Å². The lowest BCUT2D eigenvalue weighted by molar-refractivity contribution is 0.102. The number of carbonyl (C=O) groups is 1. The van der Waals surface area contributed by atoms with Crippen LogP contribution in [0.2, 0.25) is 0 Å². The van der Waals surface area contributed by atoms with Gasteiger partial charge in [0.15, 0.2) is 11.5 Å². The number of aryl methyl sites for hydroxylation is 1. The summed E-state index contributed by atoms with van der Waals surface area (Å²) in [6, 6.07) is 15.0. The first kappa shape index (κ1) is 15.3. The van der Waals surface area contributed by atoms with E-state index in [-0.39, 0.29) is 12.7 Å². The molecule has 1 N–H and O–H groups in total. The number of fused-ring (bicyclic) bond motifs is 1. The minimum atomic E-state index is -0.211. The van der Waals surface area contributed by atoms with Gasteiger partial charge >= 0.3 is 0 Å². The van der Waals surface area contributed by atoms with Crippen LogP contribution in [0, 0.1) is 13.8 Å². The molecule has 0 atom stereocenters. The Bertz CT molecular complexity index is 948. The van der Waals surface area contributed by atoms with E-state index in [1.807, 2.05) is 48.9 Å². The third-order valence-corrected chi connectivity index (χ3v) is 4.17. The Labute approximate surface area is 145 Å². The van der Waals surface area contributed by atoms with Gasteiger partial charge in [0.1, 0.15) is 0 Å². The molecule has 2 aromatic carbocycles. The maximum atomic E-state index is 12.6. The number of benzene rings is 2. The van der Waals surface area contributed by atoms with Gasteiger partial charge in [-0.2, -0.15) is 5.10 Å². The molecule has 0 saturated heterocycles. The van der Waals surface area contributed by atoms with E-state index < -0.39 is 0 Å². The molecule has 0 bridgehead atoms. The Hall–Kier alpha value is -3.28. The van der Waals surface area contributed by atoms with E-state index in [1.54, 1.807) is 18.2 Å². The first-order valence-corrected chi connectivity index (χ1v) is 7.96. The number of para-hydroxylation sites is 1. The fourth-order valence-corrected chi connectivity index (χ4v) is 2.87. The molecule has 0 fully saturated rings. The molecule has 0 aliphatic carbocycles. The van der Waals surface area contributed by atoms with Crippen LogP contribution in [0.1, 0.15) is 21.7 Å². The van der Waals surface area contributed by atoms with Gasteiger partial charge in [-0.05, 0) is 44.2 Å². The molecule has 3 aromatic rings. The van der Waals surface area contributed by atoms with Crippen molar-refractivity contribution in [2.45, 2.75) is 13.8 Å². The van der Waals surface area contributed by atoms with E-state index in [0.29, 0.717) is 22.7 Å². The fourth-order valence-electron chi connectivity index (χ4n) is 2.87. The Morgan fingerprint density at radius 1 is 1.08 bits per heavy atom. The monoisotopic (exact) mass is 335 g/mol. The van der Waals surface area contributed by atoms with Crippen LogP contribution in [-0.4, -0.2) is 22.5 Å². The van der Waals surface area contributed by atoms with Crippen molar-refractivity contribution in [3.8, 4) is 17.2 Å². The lowest BCUT2D eigenvalue weighted by Gasteiger charge is -2.08. The van der Waals surface area contributed by atoms with Crippen LogP contribution in [0.5, 0.6) is 11.5 Å². The molecule has 6 heteroatoms. The summed E-state index contributed by atoms with van der Waals surface area (Å²) in [6.45, 7) is 3.99. The minimum Gasteiger partial charge on any atom is -0.454 e. The fraction of sp³-hybridized carbons (Fsp3) is 0.158. The predicted octanol–water partition coefficient (Wildman–Crippen LogP) is 3.47. The third-order valence-electron chi connectivity index (χ3n) is 4.17. The molecule has 0 saturated carbocycles. The molecule has 1 aliphatic rings. The van der Waals surface area contributed by atoms with Crippen LogP contribution in [0.4, 0.5) is 5.69 Å². The van der Waals surface area contributed by atoms with Gasteiger partial charge in [-0.25, -0.2) is 4.68 Å². The highest BCUT2D eigenvalue weighted by Crippen LogP contribution is 2.33. The molecule has 1 aliphatic heterocycles. The summed E-state index contributed by atoms with van der Waals surface area (Å²) in [5.41, 5.74) is 3.81. The Kier molecular flexibility index (Phi) is 3.65. The summed E-state index contributed by atoms with van der Waals surface area (Å²) in [5, 5.41) is 7.50. The van der Waals surface area contributed by atoms with Crippen LogP contribution < -0.4 is 14.8 Å². The lowest BCUT2D eigenvalue weighted by atomic mass is 10.2. The highest BCUT2D eigenvalue weighted by molar-refractivity contribution is 6.05. The van der Waals surface area contributed by atoms with Crippen molar-refractivity contribution in [3.05, 3.63) is 65.5 Å². The Morgan fingerprint density at radius 3 is 2.64 bits per heavy atom. The van der Waals surface area contributed by atoms with Crippen LogP contribution >= 0.6 is 0 Å². The third kappa shape index (κ3) is 2.71. The lowest BCUT2D eigenvalue weighted by Crippen LogP contribution is -2.13. The summed E-state index contributed by atoms with van der Waals surface area (Å²) in [5.74, 6) is 1.03. The highest BCUT2D eigenvalue weighted by Gasteiger charge is 2.19. The first-order chi connectivity index (χ1) is 12.1. The van der Waals surface area contributed by atoms with E-state index in [4.69, 9.17) is 9.47 Å². The zero-order valence-electron chi connectivity index (χ0n) is 13.9. The van der Waals surface area contributed by atoms with Gasteiger partial charge in [-0.1, -0.05) is 18.2 Å². The SMILES string of the molecule is Cc1nn(-c2ccccc2)c(C)c1NC(=O)c1ccc2c(c1)OCO2. The van der Waals surface area contributed by atoms with Crippen LogP contribution in [0.3, 0.4) is 0 Å². The number of hydrogen-bond donors (Lipinski definition) is 1. The summed E-state index contributed by atoms with van der Waals surface area (Å²) < 4.78 is 12.4. The van der Waals surface area contributed by atoms with Crippen molar-refractivity contribution in [2.24, 2.45) is 0 Å². The molecule has 0 spiro atoms. The number of hydrogen-bond acceptors (Lipinski definition) is 4. The van der Waals surface area contributed by atoms with Gasteiger partial charge < -0.3 is 14.8 Å². The molecule has 0 unspecified atom stereocenters. The molecule has 126 valence electrons. The standard InChI is InChI=1S/C19H17N3O3/c1-12-18(13(2)22(21-12)15-6-4-3-5-7-15)20-19(23)14-8-9-16-17(10-14)25-11-24-16/h3-10H,11H2,1-2H3,(H,20,23). The van der Waals surface area contributed by atoms with Gasteiger partial charge in [0.2, 0.25) is 6.79 Å². The number of nitrogens with one attached hydrogen (secondary N) is 1. The van der Waals surface area contributed by atoms with Gasteiger partial charge in [0.25, 0.3) is 5.91 Å². The van der Waals surface area contributed by atoms with Crippen molar-refractivity contribution >= 4 is 11.6 Å². The molecule has 2 heterocycles. The number of anilines is 1. The molecule has 4 rings (SSSR count). The second-order valence-electron chi connectivity index (χ2n) is 5.82. The number of amides is 1. The second-order valence-corrected chi connectivity index (χ2v) is 5.82. The Morgan fingerprint density at radius 2 is 1.84 bits per heavy atom. The average Bonchev–Trinajstić information content (AvgIpc) is 3.21. The van der Waals surface area contributed by atoms with E-state index in [2.05, 4.69) is 10.4 Å². The van der Waals surface area contributed by atoms with Crippen LogP contribution in [0.15, 0.2) is 48.5 Å². The van der Waals surface area contributed by atoms with E-state index >= 15 is 0 Å². The molecule has 1 aromatic heterocycles. The number of rotatable bonds is 3. The number of aromatic nitrogens is 2. The number of carbonyl (C=O) groups excluding carboxylic acids is 1. The van der Waals surface area contributed by atoms with Crippen molar-refractivity contribution in [2.75, 3.05) is 12.1 Å². The molecule has 25 heavy (non-hydrogen) atoms. The maximum absolute atomic E-state index is 12.6. The molecular formula is C19H17N3O3. The van der Waals surface area contributed by atoms with E-state index in [1.165, 1.54) is 0 Å². The summed E-state index contributed by atoms with van der Waals surface area (Å²) in [7, 11) is 0. The maximum Gasteiger partial charge on any atom is 0.255 e. The smallest absolute Gasteiger partial charge is 0.255 e. The number of nitrogens with zero attached hydrogens (tertiary/aromatic N) is 2. The van der Waals surface area contributed by atoms with E-state index in [9.17, 15) is 4.79 Å². The largest absolute Gasteiger partial charge is 0.454 e. The molecule has 6 nitrogen and oxygen atoms in total. The molecule has 0 radical (unpaired) electrons. The van der Waals surface area contributed by atoms with Crippen molar-refractivity contribution in [1.29, 1.82) is 0 Å². The van der Waals surface area contributed by atoms with Crippen molar-refractivity contribution < 1.29 is 14.3 Å². The first-order valence-electron chi connectivity index (χ1n) is 7.96. The molecular weight excluding hydrogens is 318 g/mol. The Balaban J connectivity index is 1.63. The van der Waals surface area contributed by atoms with Crippen LogP contribution in [0.25, 0.3) is 5.69 Å². The molecule has 1 amide bonds. The van der Waals surface area contributed by atoms with Gasteiger partial charge in [-0.3, -0.25) is 4.79 Å². The zero-order chi connectivity index (χ0) is 17.4. The summed E-state index contributed by atoms with van der Waals surface area (Å²) in [6.07, 6.45) is 0. The highest BCUT2D eigenvalue weighted by atomic mass is 16.7. The minimum absolute atomic E-state index is 0.183. The van der Waals surface area contributed by atoms with Gasteiger partial charge in [0.05, 0.1) is 22.8 Å². The van der Waals surface area contributed by atoms with Gasteiger partial charge in [-0.15, -0.1) is 0 Å². The quantitative estimate of drug-likeness (QED) is 0.796. The average molecular weight is 335 g/mol. The van der Waals surface area contributed by atoms with Crippen LogP contribution in [-0.2, 0) is 0 Å². The normalized spacial score (nSPS) is 12.2. The van der Waals surface area contributed by atoms with E-state index in [0.717, 1.165) is 17.1 Å². The predicted molar refractivity (Wildman–Crippen MR) is 93.6 cm³/mol. The summed E-state index contributed by atoms with van der Waals surface area (Å²) in [4.78, 5) is 12.6. The summed E-state index contributed by atoms with van der Waals surface area (Å²) >= 11 is 0. The van der Waals surface area contributed by atoms with Crippen molar-refractivity contribution in [3.63, 3.8) is 0 Å². The number of ether oxygens (including phenoxy) is 2. The zero-order valence-corrected chi connectivity index (χ0v) is 13.9. The second kappa shape index (κ2) is 5.98.